The van der Waals surface area contributed by atoms with Crippen LogP contribution in [0.5, 0.6) is 0 Å². The number of amides is 1. The summed E-state index contributed by atoms with van der Waals surface area (Å²) in [4.78, 5) is 34.2. The quantitative estimate of drug-likeness (QED) is 0.369. The number of sulfonamides is 1. The SMILES string of the molecule is CN(C)S(=O)(=O)c1cc(C(=O)OCC(=O)Nc2ccc(Cl)cc2[N+](=O)[O-])ccc1Cl. The molecule has 160 valence electrons. The minimum atomic E-state index is -3.91. The van der Waals surface area contributed by atoms with E-state index in [0.717, 1.165) is 16.4 Å². The van der Waals surface area contributed by atoms with Gasteiger partial charge in [-0.2, -0.15) is 0 Å². The Morgan fingerprint density at radius 1 is 1.17 bits per heavy atom. The van der Waals surface area contributed by atoms with E-state index in [4.69, 9.17) is 27.9 Å². The van der Waals surface area contributed by atoms with Crippen molar-refractivity contribution < 1.29 is 27.7 Å². The largest absolute Gasteiger partial charge is 0.452 e. The number of nitrogens with zero attached hydrogens (tertiary/aromatic N) is 2. The molecule has 13 heteroatoms. The molecule has 0 heterocycles. The topological polar surface area (TPSA) is 136 Å². The Balaban J connectivity index is 2.12. The number of nitro groups is 1. The van der Waals surface area contributed by atoms with Crippen LogP contribution in [0.15, 0.2) is 41.3 Å². The molecule has 0 spiro atoms. The van der Waals surface area contributed by atoms with E-state index < -0.39 is 39.1 Å². The zero-order chi connectivity index (χ0) is 22.6. The normalized spacial score (nSPS) is 11.2. The number of hydrogen-bond donors (Lipinski definition) is 1. The molecule has 1 amide bonds. The van der Waals surface area contributed by atoms with Crippen LogP contribution in [0, 0.1) is 10.1 Å². The Bertz CT molecular complexity index is 1120. The fourth-order valence-corrected chi connectivity index (χ4v) is 3.75. The number of nitro benzene ring substituents is 1. The van der Waals surface area contributed by atoms with Gasteiger partial charge in [0.05, 0.1) is 15.5 Å². The van der Waals surface area contributed by atoms with Crippen LogP contribution in [0.4, 0.5) is 11.4 Å². The van der Waals surface area contributed by atoms with E-state index >= 15 is 0 Å². The third kappa shape index (κ3) is 5.45. The van der Waals surface area contributed by atoms with Gasteiger partial charge in [0.2, 0.25) is 10.0 Å². The average Bonchev–Trinajstić information content (AvgIpc) is 2.67. The second-order valence-electron chi connectivity index (χ2n) is 5.98. The van der Waals surface area contributed by atoms with Crippen LogP contribution in [-0.2, 0) is 19.6 Å². The third-order valence-electron chi connectivity index (χ3n) is 3.69. The lowest BCUT2D eigenvalue weighted by Crippen LogP contribution is -2.23. The van der Waals surface area contributed by atoms with Crippen molar-refractivity contribution >= 4 is 56.5 Å². The maximum absolute atomic E-state index is 12.3. The van der Waals surface area contributed by atoms with Gasteiger partial charge in [-0.25, -0.2) is 17.5 Å². The lowest BCUT2D eigenvalue weighted by atomic mass is 10.2. The van der Waals surface area contributed by atoms with Crippen LogP contribution in [0.25, 0.3) is 0 Å². The predicted molar refractivity (Wildman–Crippen MR) is 109 cm³/mol. The zero-order valence-electron chi connectivity index (χ0n) is 15.6. The second-order valence-corrected chi connectivity index (χ2v) is 8.94. The Labute approximate surface area is 181 Å². The first-order valence-corrected chi connectivity index (χ1v) is 10.3. The maximum atomic E-state index is 12.3. The molecule has 2 rings (SSSR count). The molecule has 30 heavy (non-hydrogen) atoms. The third-order valence-corrected chi connectivity index (χ3v) is 6.22. The molecule has 0 radical (unpaired) electrons. The van der Waals surface area contributed by atoms with Crippen LogP contribution < -0.4 is 5.32 Å². The Kier molecular flexibility index (Phi) is 7.37. The molecule has 0 saturated carbocycles. The molecular formula is C17H15Cl2N3O7S. The number of hydrogen-bond acceptors (Lipinski definition) is 7. The van der Waals surface area contributed by atoms with Crippen molar-refractivity contribution in [2.24, 2.45) is 0 Å². The molecule has 10 nitrogen and oxygen atoms in total. The lowest BCUT2D eigenvalue weighted by molar-refractivity contribution is -0.383. The molecule has 0 atom stereocenters. The summed E-state index contributed by atoms with van der Waals surface area (Å²) in [6.45, 7) is -0.767. The van der Waals surface area contributed by atoms with Crippen LogP contribution in [0.3, 0.4) is 0 Å². The van der Waals surface area contributed by atoms with E-state index in [0.29, 0.717) is 0 Å². The monoisotopic (exact) mass is 475 g/mol. The van der Waals surface area contributed by atoms with Crippen LogP contribution >= 0.6 is 23.2 Å². The Hall–Kier alpha value is -2.73. The van der Waals surface area contributed by atoms with E-state index in [-0.39, 0.29) is 26.2 Å². The average molecular weight is 476 g/mol. The minimum absolute atomic E-state index is 0.0898. The smallest absolute Gasteiger partial charge is 0.338 e. The molecule has 0 aliphatic carbocycles. The predicted octanol–water partition coefficient (Wildman–Crippen LogP) is 2.95. The standard InChI is InChI=1S/C17H15Cl2N3O7S/c1-21(2)30(27,28)15-7-10(3-5-12(15)19)17(24)29-9-16(23)20-13-6-4-11(18)8-14(13)22(25)26/h3-8H,9H2,1-2H3,(H,20,23). The summed E-state index contributed by atoms with van der Waals surface area (Å²) in [5.41, 5.74) is -0.709. The van der Waals surface area contributed by atoms with Gasteiger partial charge in [0.25, 0.3) is 11.6 Å². The fourth-order valence-electron chi connectivity index (χ4n) is 2.19. The van der Waals surface area contributed by atoms with Crippen LogP contribution in [0.2, 0.25) is 10.0 Å². The second kappa shape index (κ2) is 9.39. The number of rotatable bonds is 7. The molecule has 0 saturated heterocycles. The van der Waals surface area contributed by atoms with Crippen LogP contribution in [0.1, 0.15) is 10.4 Å². The summed E-state index contributed by atoms with van der Waals surface area (Å²) in [7, 11) is -1.31. The van der Waals surface area contributed by atoms with Crippen molar-refractivity contribution in [1.82, 2.24) is 4.31 Å². The highest BCUT2D eigenvalue weighted by Crippen LogP contribution is 2.28. The first kappa shape index (κ1) is 23.5. The van der Waals surface area contributed by atoms with Gasteiger partial charge in [-0.3, -0.25) is 14.9 Å². The zero-order valence-corrected chi connectivity index (χ0v) is 17.9. The van der Waals surface area contributed by atoms with Gasteiger partial charge in [-0.05, 0) is 30.3 Å². The summed E-state index contributed by atoms with van der Waals surface area (Å²) in [5, 5.41) is 13.3. The maximum Gasteiger partial charge on any atom is 0.338 e. The fraction of sp³-hybridized carbons (Fsp3) is 0.176. The number of anilines is 1. The first-order chi connectivity index (χ1) is 13.9. The summed E-state index contributed by atoms with van der Waals surface area (Å²) in [6.07, 6.45) is 0. The van der Waals surface area contributed by atoms with Crippen molar-refractivity contribution in [1.29, 1.82) is 0 Å². The molecule has 0 aliphatic heterocycles. The number of esters is 1. The molecule has 2 aromatic carbocycles. The first-order valence-electron chi connectivity index (χ1n) is 8.06. The summed E-state index contributed by atoms with van der Waals surface area (Å²) < 4.78 is 30.3. The molecule has 1 N–H and O–H groups in total. The Morgan fingerprint density at radius 3 is 2.43 bits per heavy atom. The number of benzene rings is 2. The van der Waals surface area contributed by atoms with Crippen molar-refractivity contribution in [2.75, 3.05) is 26.0 Å². The summed E-state index contributed by atoms with van der Waals surface area (Å²) in [5.74, 6) is -1.83. The molecule has 0 aromatic heterocycles. The van der Waals surface area contributed by atoms with Gasteiger partial charge >= 0.3 is 5.97 Å². The van der Waals surface area contributed by atoms with E-state index in [1.54, 1.807) is 0 Å². The van der Waals surface area contributed by atoms with Gasteiger partial charge in [0, 0.05) is 25.2 Å². The van der Waals surface area contributed by atoms with Crippen molar-refractivity contribution in [3.05, 3.63) is 62.1 Å². The van der Waals surface area contributed by atoms with E-state index in [1.807, 2.05) is 0 Å². The summed E-state index contributed by atoms with van der Waals surface area (Å²) in [6, 6.07) is 7.12. The number of carbonyl (C=O) groups is 2. The lowest BCUT2D eigenvalue weighted by Gasteiger charge is -2.13. The van der Waals surface area contributed by atoms with Crippen molar-refractivity contribution in [3.8, 4) is 0 Å². The van der Waals surface area contributed by atoms with Crippen molar-refractivity contribution in [2.45, 2.75) is 4.90 Å². The highest BCUT2D eigenvalue weighted by Gasteiger charge is 2.23. The number of carbonyl (C=O) groups excluding carboxylic acids is 2. The van der Waals surface area contributed by atoms with Crippen molar-refractivity contribution in [3.63, 3.8) is 0 Å². The van der Waals surface area contributed by atoms with Gasteiger partial charge in [0.15, 0.2) is 6.61 Å². The minimum Gasteiger partial charge on any atom is -0.452 e. The Morgan fingerprint density at radius 2 is 1.83 bits per heavy atom. The van der Waals surface area contributed by atoms with Gasteiger partial charge < -0.3 is 10.1 Å². The number of nitrogens with one attached hydrogen (secondary N) is 1. The van der Waals surface area contributed by atoms with E-state index in [2.05, 4.69) is 5.32 Å². The van der Waals surface area contributed by atoms with Gasteiger partial charge in [0.1, 0.15) is 10.6 Å². The number of ether oxygens (including phenoxy) is 1. The molecule has 2 aromatic rings. The van der Waals surface area contributed by atoms with E-state index in [9.17, 15) is 28.1 Å². The van der Waals surface area contributed by atoms with Gasteiger partial charge in [-0.15, -0.1) is 0 Å². The highest BCUT2D eigenvalue weighted by atomic mass is 35.5. The molecular weight excluding hydrogens is 461 g/mol. The highest BCUT2D eigenvalue weighted by molar-refractivity contribution is 7.89. The molecule has 0 unspecified atom stereocenters. The van der Waals surface area contributed by atoms with Gasteiger partial charge in [-0.1, -0.05) is 23.2 Å². The summed E-state index contributed by atoms with van der Waals surface area (Å²) >= 11 is 11.6. The van der Waals surface area contributed by atoms with Crippen LogP contribution in [-0.4, -0.2) is 50.2 Å². The van der Waals surface area contributed by atoms with E-state index in [1.165, 1.54) is 38.4 Å². The molecule has 0 aliphatic rings. The molecule has 0 bridgehead atoms. The molecule has 0 fully saturated rings. The number of halogens is 2.